The lowest BCUT2D eigenvalue weighted by Crippen LogP contribution is -2.19. The molecule has 2 aromatic rings. The van der Waals surface area contributed by atoms with Crippen LogP contribution in [-0.2, 0) is 13.1 Å². The van der Waals surface area contributed by atoms with Crippen molar-refractivity contribution in [1.82, 2.24) is 30.5 Å². The van der Waals surface area contributed by atoms with Gasteiger partial charge in [-0.15, -0.1) is 5.10 Å². The first-order valence-corrected chi connectivity index (χ1v) is 6.96. The van der Waals surface area contributed by atoms with E-state index < -0.39 is 0 Å². The molecule has 7 heteroatoms. The van der Waals surface area contributed by atoms with E-state index in [0.717, 1.165) is 18.8 Å². The monoisotopic (exact) mass is 278 g/mol. The van der Waals surface area contributed by atoms with Crippen molar-refractivity contribution in [3.05, 3.63) is 23.6 Å². The highest BCUT2D eigenvalue weighted by Crippen LogP contribution is 2.11. The average molecular weight is 278 g/mol. The molecular formula is C13H22N6O. The van der Waals surface area contributed by atoms with Crippen LogP contribution in [0.5, 0.6) is 0 Å². The molecule has 0 aliphatic heterocycles. The smallest absolute Gasteiger partial charge is 0.229 e. The van der Waals surface area contributed by atoms with Crippen LogP contribution >= 0.6 is 0 Å². The van der Waals surface area contributed by atoms with Crippen LogP contribution in [0.4, 0.5) is 0 Å². The van der Waals surface area contributed by atoms with E-state index >= 15 is 0 Å². The van der Waals surface area contributed by atoms with Crippen LogP contribution < -0.4 is 5.32 Å². The molecule has 20 heavy (non-hydrogen) atoms. The van der Waals surface area contributed by atoms with Crippen molar-refractivity contribution in [2.45, 2.75) is 46.7 Å². The van der Waals surface area contributed by atoms with Crippen LogP contribution in [0.3, 0.4) is 0 Å². The maximum absolute atomic E-state index is 5.16. The molecule has 2 aromatic heterocycles. The molecule has 0 aromatic carbocycles. The molecule has 0 bridgehead atoms. The van der Waals surface area contributed by atoms with Gasteiger partial charge >= 0.3 is 0 Å². The fraction of sp³-hybridized carbons (Fsp3) is 0.692. The second kappa shape index (κ2) is 6.60. The molecule has 1 N–H and O–H groups in total. The summed E-state index contributed by atoms with van der Waals surface area (Å²) in [5.74, 6) is 2.14. The van der Waals surface area contributed by atoms with Gasteiger partial charge in [-0.1, -0.05) is 38.1 Å². The zero-order valence-corrected chi connectivity index (χ0v) is 12.5. The second-order valence-electron chi connectivity index (χ2n) is 5.64. The number of nitrogens with one attached hydrogen (secondary N) is 1. The van der Waals surface area contributed by atoms with E-state index in [4.69, 9.17) is 4.52 Å². The van der Waals surface area contributed by atoms with Gasteiger partial charge in [0.15, 0.2) is 5.82 Å². The molecule has 2 rings (SSSR count). The highest BCUT2D eigenvalue weighted by Gasteiger charge is 2.11. The second-order valence-corrected chi connectivity index (χ2v) is 5.64. The van der Waals surface area contributed by atoms with Gasteiger partial charge in [0.1, 0.15) is 6.54 Å². The summed E-state index contributed by atoms with van der Waals surface area (Å²) >= 11 is 0. The van der Waals surface area contributed by atoms with Gasteiger partial charge in [-0.2, -0.15) is 4.98 Å². The third kappa shape index (κ3) is 4.12. The molecule has 110 valence electrons. The highest BCUT2D eigenvalue weighted by atomic mass is 16.5. The van der Waals surface area contributed by atoms with Gasteiger partial charge in [0.2, 0.25) is 5.89 Å². The molecule has 0 aliphatic rings. The molecule has 0 fully saturated rings. The largest absolute Gasteiger partial charge is 0.339 e. The Labute approximate surface area is 118 Å². The minimum absolute atomic E-state index is 0.239. The van der Waals surface area contributed by atoms with Gasteiger partial charge in [-0.25, -0.2) is 4.68 Å². The lowest BCUT2D eigenvalue weighted by atomic mass is 10.2. The van der Waals surface area contributed by atoms with Crippen molar-refractivity contribution >= 4 is 0 Å². The molecule has 0 atom stereocenters. The molecule has 0 spiro atoms. The van der Waals surface area contributed by atoms with Crippen LogP contribution in [0.15, 0.2) is 10.7 Å². The number of hydrogen-bond donors (Lipinski definition) is 1. The van der Waals surface area contributed by atoms with E-state index in [1.54, 1.807) is 4.68 Å². The SMILES string of the molecule is CC(C)CNCc1cn(Cc2noc(C(C)C)n2)nn1. The molecule has 0 unspecified atom stereocenters. The Kier molecular flexibility index (Phi) is 4.84. The van der Waals surface area contributed by atoms with Crippen molar-refractivity contribution < 1.29 is 4.52 Å². The van der Waals surface area contributed by atoms with Crippen molar-refractivity contribution in [2.24, 2.45) is 5.92 Å². The third-order valence-electron chi connectivity index (χ3n) is 2.73. The molecule has 0 saturated heterocycles. The Morgan fingerprint density at radius 2 is 2.10 bits per heavy atom. The predicted octanol–water partition coefficient (Wildman–Crippen LogP) is 1.58. The summed E-state index contributed by atoms with van der Waals surface area (Å²) in [6.07, 6.45) is 1.90. The van der Waals surface area contributed by atoms with E-state index in [0.29, 0.717) is 24.2 Å². The predicted molar refractivity (Wildman–Crippen MR) is 74.1 cm³/mol. The summed E-state index contributed by atoms with van der Waals surface area (Å²) in [7, 11) is 0. The summed E-state index contributed by atoms with van der Waals surface area (Å²) < 4.78 is 6.88. The Bertz CT molecular complexity index is 530. The first-order chi connectivity index (χ1) is 9.54. The Morgan fingerprint density at radius 3 is 2.75 bits per heavy atom. The van der Waals surface area contributed by atoms with Crippen LogP contribution in [0.1, 0.15) is 51.0 Å². The molecule has 0 aliphatic carbocycles. The van der Waals surface area contributed by atoms with Crippen molar-refractivity contribution in [3.63, 3.8) is 0 Å². The van der Waals surface area contributed by atoms with Gasteiger partial charge in [0.05, 0.1) is 11.9 Å². The minimum Gasteiger partial charge on any atom is -0.339 e. The fourth-order valence-electron chi connectivity index (χ4n) is 1.70. The molecule has 0 amide bonds. The Morgan fingerprint density at radius 1 is 1.30 bits per heavy atom. The van der Waals surface area contributed by atoms with Crippen molar-refractivity contribution in [1.29, 1.82) is 0 Å². The van der Waals surface area contributed by atoms with Gasteiger partial charge < -0.3 is 9.84 Å². The zero-order valence-electron chi connectivity index (χ0n) is 12.5. The van der Waals surface area contributed by atoms with Gasteiger partial charge in [-0.3, -0.25) is 0 Å². The van der Waals surface area contributed by atoms with E-state index in [-0.39, 0.29) is 5.92 Å². The van der Waals surface area contributed by atoms with Crippen molar-refractivity contribution in [2.75, 3.05) is 6.54 Å². The molecular weight excluding hydrogens is 256 g/mol. The Balaban J connectivity index is 1.88. The van der Waals surface area contributed by atoms with E-state index in [2.05, 4.69) is 39.6 Å². The Hall–Kier alpha value is -1.76. The first kappa shape index (κ1) is 14.6. The van der Waals surface area contributed by atoms with Crippen molar-refractivity contribution in [3.8, 4) is 0 Å². The van der Waals surface area contributed by atoms with Gasteiger partial charge in [-0.05, 0) is 12.5 Å². The maximum Gasteiger partial charge on any atom is 0.229 e. The minimum atomic E-state index is 0.239. The summed E-state index contributed by atoms with van der Waals surface area (Å²) in [4.78, 5) is 4.32. The topological polar surface area (TPSA) is 81.7 Å². The average Bonchev–Trinajstić information content (AvgIpc) is 2.99. The van der Waals surface area contributed by atoms with Crippen LogP contribution in [0.2, 0.25) is 0 Å². The quantitative estimate of drug-likeness (QED) is 0.828. The molecule has 7 nitrogen and oxygen atoms in total. The van der Waals surface area contributed by atoms with Gasteiger partial charge in [0.25, 0.3) is 0 Å². The highest BCUT2D eigenvalue weighted by molar-refractivity contribution is 4.95. The fourth-order valence-corrected chi connectivity index (χ4v) is 1.70. The lowest BCUT2D eigenvalue weighted by Gasteiger charge is -2.04. The molecule has 2 heterocycles. The number of nitrogens with zero attached hydrogens (tertiary/aromatic N) is 5. The number of aromatic nitrogens is 5. The summed E-state index contributed by atoms with van der Waals surface area (Å²) in [5.41, 5.74) is 0.915. The van der Waals surface area contributed by atoms with E-state index in [9.17, 15) is 0 Å². The van der Waals surface area contributed by atoms with Gasteiger partial charge in [0, 0.05) is 12.5 Å². The zero-order chi connectivity index (χ0) is 14.5. The maximum atomic E-state index is 5.16. The van der Waals surface area contributed by atoms with Crippen LogP contribution in [0, 0.1) is 5.92 Å². The number of rotatable bonds is 7. The molecule has 0 radical (unpaired) electrons. The summed E-state index contributed by atoms with van der Waals surface area (Å²) in [6.45, 7) is 10.6. The van der Waals surface area contributed by atoms with Crippen LogP contribution in [-0.4, -0.2) is 31.7 Å². The summed E-state index contributed by atoms with van der Waals surface area (Å²) in [6, 6.07) is 0. The molecule has 0 saturated carbocycles. The first-order valence-electron chi connectivity index (χ1n) is 6.96. The third-order valence-corrected chi connectivity index (χ3v) is 2.73. The van der Waals surface area contributed by atoms with E-state index in [1.807, 2.05) is 20.0 Å². The number of hydrogen-bond acceptors (Lipinski definition) is 6. The normalized spacial score (nSPS) is 11.7. The standard InChI is InChI=1S/C13H22N6O/c1-9(2)5-14-6-11-7-19(18-16-11)8-12-15-13(10(3)4)20-17-12/h7,9-10,14H,5-6,8H2,1-4H3. The van der Waals surface area contributed by atoms with Crippen LogP contribution in [0.25, 0.3) is 0 Å². The van der Waals surface area contributed by atoms with E-state index in [1.165, 1.54) is 0 Å². The summed E-state index contributed by atoms with van der Waals surface area (Å²) in [5, 5.41) is 15.5. The lowest BCUT2D eigenvalue weighted by molar-refractivity contribution is 0.359.